The van der Waals surface area contributed by atoms with Crippen molar-refractivity contribution in [1.29, 1.82) is 0 Å². The maximum atomic E-state index is 13.1. The van der Waals surface area contributed by atoms with Crippen molar-refractivity contribution in [3.8, 4) is 0 Å². The lowest BCUT2D eigenvalue weighted by atomic mass is 10.0. The van der Waals surface area contributed by atoms with E-state index in [1.54, 1.807) is 0 Å². The minimum absolute atomic E-state index is 0.129. The summed E-state index contributed by atoms with van der Waals surface area (Å²) in [6, 6.07) is 0.129. The van der Waals surface area contributed by atoms with Gasteiger partial charge in [-0.2, -0.15) is 0 Å². The number of nitrogens with zero attached hydrogens (tertiary/aromatic N) is 1. The van der Waals surface area contributed by atoms with Gasteiger partial charge in [0.2, 0.25) is 0 Å². The smallest absolute Gasteiger partial charge is 0.410 e. The average molecular weight is 462 g/mol. The standard InChI is InChI=1S/C23H47NO6Si/c1-10-13-19(14-11-12-15-20-26-18-27-30-20)24(21(25)29-22(2,3)4)16-17-28-31(8,9)23(5,6)7/h19-20H,10-18H2,1-9H3/t19-,20?/m0/s1. The molecule has 0 N–H and O–H groups in total. The van der Waals surface area contributed by atoms with Crippen LogP contribution in [-0.2, 0) is 23.7 Å². The molecule has 0 aromatic heterocycles. The fourth-order valence-electron chi connectivity index (χ4n) is 3.21. The Morgan fingerprint density at radius 2 is 1.81 bits per heavy atom. The van der Waals surface area contributed by atoms with Crippen molar-refractivity contribution in [3.63, 3.8) is 0 Å². The molecule has 1 fully saturated rings. The highest BCUT2D eigenvalue weighted by molar-refractivity contribution is 6.74. The number of rotatable bonds is 12. The molecule has 0 aromatic rings. The molecule has 0 saturated carbocycles. The second-order valence-corrected chi connectivity index (χ2v) is 15.7. The van der Waals surface area contributed by atoms with Crippen LogP contribution in [0.5, 0.6) is 0 Å². The lowest BCUT2D eigenvalue weighted by Gasteiger charge is -2.38. The molecule has 0 spiro atoms. The van der Waals surface area contributed by atoms with Crippen molar-refractivity contribution in [2.45, 2.75) is 123 Å². The Morgan fingerprint density at radius 3 is 2.32 bits per heavy atom. The highest BCUT2D eigenvalue weighted by atomic mass is 28.4. The Kier molecular flexibility index (Phi) is 11.5. The molecule has 0 aliphatic carbocycles. The Hall–Kier alpha value is -0.673. The molecule has 1 heterocycles. The fourth-order valence-corrected chi connectivity index (χ4v) is 4.24. The lowest BCUT2D eigenvalue weighted by molar-refractivity contribution is -0.278. The zero-order valence-electron chi connectivity index (χ0n) is 21.4. The summed E-state index contributed by atoms with van der Waals surface area (Å²) in [5.41, 5.74) is -0.524. The van der Waals surface area contributed by atoms with E-state index >= 15 is 0 Å². The van der Waals surface area contributed by atoms with Crippen LogP contribution in [0.2, 0.25) is 18.1 Å². The topological polar surface area (TPSA) is 66.5 Å². The Morgan fingerprint density at radius 1 is 1.13 bits per heavy atom. The third kappa shape index (κ3) is 10.7. The molecule has 1 amide bonds. The van der Waals surface area contributed by atoms with Gasteiger partial charge in [-0.15, -0.1) is 0 Å². The van der Waals surface area contributed by atoms with Gasteiger partial charge in [0.05, 0.1) is 6.61 Å². The van der Waals surface area contributed by atoms with Crippen molar-refractivity contribution in [2.24, 2.45) is 0 Å². The second kappa shape index (κ2) is 12.5. The summed E-state index contributed by atoms with van der Waals surface area (Å²) >= 11 is 0. The van der Waals surface area contributed by atoms with Gasteiger partial charge in [0.25, 0.3) is 0 Å². The second-order valence-electron chi connectivity index (χ2n) is 10.9. The van der Waals surface area contributed by atoms with Gasteiger partial charge in [-0.1, -0.05) is 40.5 Å². The van der Waals surface area contributed by atoms with Gasteiger partial charge in [-0.05, 0) is 58.2 Å². The third-order valence-electron chi connectivity index (χ3n) is 6.00. The molecule has 1 aliphatic rings. The van der Waals surface area contributed by atoms with E-state index in [9.17, 15) is 4.79 Å². The lowest BCUT2D eigenvalue weighted by Crippen LogP contribution is -2.47. The van der Waals surface area contributed by atoms with Crippen LogP contribution in [0, 0.1) is 0 Å². The maximum Gasteiger partial charge on any atom is 0.410 e. The van der Waals surface area contributed by atoms with Crippen LogP contribution in [-0.4, -0.2) is 57.2 Å². The summed E-state index contributed by atoms with van der Waals surface area (Å²) in [5, 5.41) is 0.140. The number of ether oxygens (including phenoxy) is 2. The molecule has 184 valence electrons. The van der Waals surface area contributed by atoms with E-state index in [1.807, 2.05) is 25.7 Å². The largest absolute Gasteiger partial charge is 0.444 e. The molecule has 2 atom stereocenters. The highest BCUT2D eigenvalue weighted by Crippen LogP contribution is 2.36. The first-order valence-electron chi connectivity index (χ1n) is 11.8. The molecule has 1 unspecified atom stereocenters. The first kappa shape index (κ1) is 28.4. The van der Waals surface area contributed by atoms with Gasteiger partial charge >= 0.3 is 6.09 Å². The first-order chi connectivity index (χ1) is 14.3. The van der Waals surface area contributed by atoms with E-state index in [0.29, 0.717) is 13.2 Å². The van der Waals surface area contributed by atoms with Crippen molar-refractivity contribution in [3.05, 3.63) is 0 Å². The van der Waals surface area contributed by atoms with Crippen LogP contribution in [0.25, 0.3) is 0 Å². The van der Waals surface area contributed by atoms with Crippen LogP contribution >= 0.6 is 0 Å². The van der Waals surface area contributed by atoms with Gasteiger partial charge in [-0.3, -0.25) is 0 Å². The van der Waals surface area contributed by atoms with Gasteiger partial charge in [-0.25, -0.2) is 14.6 Å². The Bertz CT molecular complexity index is 523. The molecular formula is C23H47NO6Si. The first-order valence-corrected chi connectivity index (χ1v) is 14.7. The van der Waals surface area contributed by atoms with Crippen LogP contribution in [0.3, 0.4) is 0 Å². The molecule has 1 aliphatic heterocycles. The number of carbonyl (C=O) groups excluding carboxylic acids is 1. The van der Waals surface area contributed by atoms with Crippen molar-refractivity contribution < 1.29 is 28.5 Å². The molecule has 0 bridgehead atoms. The van der Waals surface area contributed by atoms with Crippen molar-refractivity contribution in [2.75, 3.05) is 19.9 Å². The minimum atomic E-state index is -1.87. The number of amides is 1. The molecule has 8 heteroatoms. The van der Waals surface area contributed by atoms with E-state index in [2.05, 4.69) is 40.8 Å². The monoisotopic (exact) mass is 461 g/mol. The van der Waals surface area contributed by atoms with E-state index in [4.69, 9.17) is 23.7 Å². The van der Waals surface area contributed by atoms with E-state index < -0.39 is 13.9 Å². The normalized spacial score (nSPS) is 18.8. The molecule has 1 rings (SSSR count). The van der Waals surface area contributed by atoms with Crippen LogP contribution in [0.1, 0.15) is 87.0 Å². The van der Waals surface area contributed by atoms with E-state index in [0.717, 1.165) is 38.5 Å². The maximum absolute atomic E-state index is 13.1. The summed E-state index contributed by atoms with van der Waals surface area (Å²) < 4.78 is 17.4. The zero-order valence-corrected chi connectivity index (χ0v) is 22.4. The van der Waals surface area contributed by atoms with Gasteiger partial charge in [0, 0.05) is 19.0 Å². The summed E-state index contributed by atoms with van der Waals surface area (Å²) in [5.74, 6) is 0. The Balaban J connectivity index is 2.74. The van der Waals surface area contributed by atoms with E-state index in [1.165, 1.54) is 0 Å². The predicted octanol–water partition coefficient (Wildman–Crippen LogP) is 6.24. The molecule has 0 radical (unpaired) electrons. The minimum Gasteiger partial charge on any atom is -0.444 e. The third-order valence-corrected chi connectivity index (χ3v) is 10.5. The molecule has 0 aromatic carbocycles. The SMILES string of the molecule is CCC[C@@H](CCCCC1OCOO1)N(CCO[Si](C)(C)C(C)(C)C)C(=O)OC(C)(C)C. The Labute approximate surface area is 191 Å². The van der Waals surface area contributed by atoms with Crippen LogP contribution in [0.15, 0.2) is 0 Å². The summed E-state index contributed by atoms with van der Waals surface area (Å²) in [6.07, 6.45) is 5.08. The van der Waals surface area contributed by atoms with Crippen LogP contribution < -0.4 is 0 Å². The fraction of sp³-hybridized carbons (Fsp3) is 0.957. The zero-order chi connectivity index (χ0) is 23.7. The molecule has 31 heavy (non-hydrogen) atoms. The summed E-state index contributed by atoms with van der Waals surface area (Å²) in [7, 11) is -1.87. The molecular weight excluding hydrogens is 414 g/mol. The van der Waals surface area contributed by atoms with Crippen molar-refractivity contribution >= 4 is 14.4 Å². The van der Waals surface area contributed by atoms with Crippen LogP contribution in [0.4, 0.5) is 4.79 Å². The quantitative estimate of drug-likeness (QED) is 0.195. The molecule has 1 saturated heterocycles. The predicted molar refractivity (Wildman–Crippen MR) is 125 cm³/mol. The number of unbranched alkanes of at least 4 members (excludes halogenated alkanes) is 1. The summed E-state index contributed by atoms with van der Waals surface area (Å²) in [4.78, 5) is 24.8. The van der Waals surface area contributed by atoms with Gasteiger partial charge in [0.1, 0.15) is 5.60 Å². The number of carbonyl (C=O) groups is 1. The molecule has 7 nitrogen and oxygen atoms in total. The average Bonchev–Trinajstić information content (AvgIpc) is 3.12. The number of hydrogen-bond donors (Lipinski definition) is 0. The van der Waals surface area contributed by atoms with Gasteiger partial charge < -0.3 is 18.8 Å². The van der Waals surface area contributed by atoms with E-state index in [-0.39, 0.29) is 30.3 Å². The number of hydrogen-bond acceptors (Lipinski definition) is 6. The van der Waals surface area contributed by atoms with Crippen molar-refractivity contribution in [1.82, 2.24) is 4.90 Å². The highest BCUT2D eigenvalue weighted by Gasteiger charge is 2.37. The summed E-state index contributed by atoms with van der Waals surface area (Å²) in [6.45, 7) is 20.3. The van der Waals surface area contributed by atoms with Gasteiger partial charge in [0.15, 0.2) is 21.4 Å².